The Hall–Kier alpha value is -1.41. The lowest BCUT2D eigenvalue weighted by molar-refractivity contribution is 1.27. The Labute approximate surface area is 107 Å². The molecule has 0 saturated heterocycles. The summed E-state index contributed by atoms with van der Waals surface area (Å²) in [6, 6.07) is 14.6. The minimum atomic E-state index is 0.836. The molecular weight excluding hydrogens is 226 g/mol. The molecule has 0 aromatic heterocycles. The predicted molar refractivity (Wildman–Crippen MR) is 76.3 cm³/mol. The van der Waals surface area contributed by atoms with Crippen LogP contribution in [-0.4, -0.2) is 0 Å². The van der Waals surface area contributed by atoms with E-state index in [1.807, 2.05) is 23.9 Å². The van der Waals surface area contributed by atoms with Gasteiger partial charge in [-0.2, -0.15) is 0 Å². The molecule has 0 heterocycles. The number of hydrogen-bond acceptors (Lipinski definition) is 2. The van der Waals surface area contributed by atoms with E-state index >= 15 is 0 Å². The van der Waals surface area contributed by atoms with Crippen molar-refractivity contribution >= 4 is 17.4 Å². The maximum absolute atomic E-state index is 5.75. The Morgan fingerprint density at radius 2 is 1.76 bits per heavy atom. The van der Waals surface area contributed by atoms with E-state index in [1.54, 1.807) is 0 Å². The quantitative estimate of drug-likeness (QED) is 0.646. The van der Waals surface area contributed by atoms with Crippen LogP contribution in [0.3, 0.4) is 0 Å². The molecule has 0 aliphatic rings. The van der Waals surface area contributed by atoms with Crippen LogP contribution >= 0.6 is 11.8 Å². The summed E-state index contributed by atoms with van der Waals surface area (Å²) in [5.74, 6) is 1.01. The van der Waals surface area contributed by atoms with Crippen LogP contribution in [0.25, 0.3) is 0 Å². The molecule has 0 amide bonds. The van der Waals surface area contributed by atoms with E-state index in [1.165, 1.54) is 21.6 Å². The SMILES string of the molecule is Cc1ccccc1CSc1ccc(N)cc1C. The summed E-state index contributed by atoms with van der Waals surface area (Å²) < 4.78 is 0. The van der Waals surface area contributed by atoms with Crippen molar-refractivity contribution < 1.29 is 0 Å². The number of nitrogen functional groups attached to an aromatic ring is 1. The Morgan fingerprint density at radius 1 is 1.00 bits per heavy atom. The van der Waals surface area contributed by atoms with Crippen LogP contribution in [0.15, 0.2) is 47.4 Å². The number of thioether (sulfide) groups is 1. The van der Waals surface area contributed by atoms with Crippen molar-refractivity contribution in [1.29, 1.82) is 0 Å². The second kappa shape index (κ2) is 5.28. The molecule has 0 saturated carbocycles. The number of rotatable bonds is 3. The molecule has 0 aliphatic heterocycles. The van der Waals surface area contributed by atoms with Crippen LogP contribution in [-0.2, 0) is 5.75 Å². The average molecular weight is 243 g/mol. The largest absolute Gasteiger partial charge is 0.399 e. The maximum Gasteiger partial charge on any atom is 0.0317 e. The standard InChI is InChI=1S/C15H17NS/c1-11-5-3-4-6-13(11)10-17-15-8-7-14(16)9-12(15)2/h3-9H,10,16H2,1-2H3. The molecule has 0 fully saturated rings. The summed E-state index contributed by atoms with van der Waals surface area (Å²) in [5, 5.41) is 0. The topological polar surface area (TPSA) is 26.0 Å². The number of nitrogens with two attached hydrogens (primary N) is 1. The van der Waals surface area contributed by atoms with Crippen molar-refractivity contribution in [2.75, 3.05) is 5.73 Å². The van der Waals surface area contributed by atoms with Crippen molar-refractivity contribution in [3.8, 4) is 0 Å². The van der Waals surface area contributed by atoms with Crippen LogP contribution in [0.4, 0.5) is 5.69 Å². The first-order valence-electron chi connectivity index (χ1n) is 5.70. The molecule has 2 aromatic carbocycles. The van der Waals surface area contributed by atoms with E-state index in [-0.39, 0.29) is 0 Å². The van der Waals surface area contributed by atoms with Crippen LogP contribution < -0.4 is 5.73 Å². The van der Waals surface area contributed by atoms with E-state index in [0.717, 1.165) is 11.4 Å². The molecule has 2 rings (SSSR count). The zero-order chi connectivity index (χ0) is 12.3. The molecular formula is C15H17NS. The fourth-order valence-electron chi connectivity index (χ4n) is 1.76. The van der Waals surface area contributed by atoms with Gasteiger partial charge in [-0.15, -0.1) is 11.8 Å². The minimum absolute atomic E-state index is 0.836. The van der Waals surface area contributed by atoms with Gasteiger partial charge >= 0.3 is 0 Å². The van der Waals surface area contributed by atoms with Crippen molar-refractivity contribution in [3.63, 3.8) is 0 Å². The molecule has 0 aliphatic carbocycles. The van der Waals surface area contributed by atoms with E-state index in [0.29, 0.717) is 0 Å². The molecule has 0 bridgehead atoms. The summed E-state index contributed by atoms with van der Waals surface area (Å²) in [4.78, 5) is 1.31. The van der Waals surface area contributed by atoms with Gasteiger partial charge in [0.1, 0.15) is 0 Å². The monoisotopic (exact) mass is 243 g/mol. The van der Waals surface area contributed by atoms with E-state index < -0.39 is 0 Å². The summed E-state index contributed by atoms with van der Waals surface area (Å²) >= 11 is 1.87. The Bertz CT molecular complexity index is 520. The van der Waals surface area contributed by atoms with Crippen LogP contribution in [0, 0.1) is 13.8 Å². The third kappa shape index (κ3) is 3.04. The lowest BCUT2D eigenvalue weighted by Gasteiger charge is -2.08. The summed E-state index contributed by atoms with van der Waals surface area (Å²) in [6.45, 7) is 4.27. The van der Waals surface area contributed by atoms with Crippen molar-refractivity contribution in [3.05, 3.63) is 59.2 Å². The van der Waals surface area contributed by atoms with E-state index in [9.17, 15) is 0 Å². The summed E-state index contributed by atoms with van der Waals surface area (Å²) in [5.41, 5.74) is 10.6. The molecule has 0 spiro atoms. The van der Waals surface area contributed by atoms with Crippen LogP contribution in [0.5, 0.6) is 0 Å². The van der Waals surface area contributed by atoms with Gasteiger partial charge in [0.25, 0.3) is 0 Å². The molecule has 1 nitrogen and oxygen atoms in total. The van der Waals surface area contributed by atoms with Crippen LogP contribution in [0.2, 0.25) is 0 Å². The number of anilines is 1. The second-order valence-electron chi connectivity index (χ2n) is 4.24. The molecule has 0 unspecified atom stereocenters. The van der Waals surface area contributed by atoms with Gasteiger partial charge in [0.2, 0.25) is 0 Å². The first kappa shape index (κ1) is 12.1. The molecule has 2 N–H and O–H groups in total. The Kier molecular flexibility index (Phi) is 3.75. The third-order valence-electron chi connectivity index (χ3n) is 2.84. The highest BCUT2D eigenvalue weighted by Gasteiger charge is 2.02. The van der Waals surface area contributed by atoms with Crippen molar-refractivity contribution in [2.45, 2.75) is 24.5 Å². The normalized spacial score (nSPS) is 10.5. The van der Waals surface area contributed by atoms with Gasteiger partial charge in [-0.05, 0) is 48.7 Å². The lowest BCUT2D eigenvalue weighted by atomic mass is 10.1. The fourth-order valence-corrected chi connectivity index (χ4v) is 2.85. The third-order valence-corrected chi connectivity index (χ3v) is 4.07. The summed E-state index contributed by atoms with van der Waals surface area (Å²) in [7, 11) is 0. The van der Waals surface area contributed by atoms with Gasteiger partial charge in [0.05, 0.1) is 0 Å². The predicted octanol–water partition coefficient (Wildman–Crippen LogP) is 4.18. The number of hydrogen-bond donors (Lipinski definition) is 1. The molecule has 2 heteroatoms. The van der Waals surface area contributed by atoms with E-state index in [2.05, 4.69) is 44.2 Å². The number of benzene rings is 2. The van der Waals surface area contributed by atoms with Gasteiger partial charge in [-0.1, -0.05) is 24.3 Å². The molecule has 0 atom stereocenters. The molecule has 0 radical (unpaired) electrons. The zero-order valence-corrected chi connectivity index (χ0v) is 11.1. The van der Waals surface area contributed by atoms with Gasteiger partial charge in [0, 0.05) is 16.3 Å². The highest BCUT2D eigenvalue weighted by Crippen LogP contribution is 2.28. The first-order chi connectivity index (χ1) is 8.16. The van der Waals surface area contributed by atoms with Crippen molar-refractivity contribution in [1.82, 2.24) is 0 Å². The van der Waals surface area contributed by atoms with Gasteiger partial charge in [-0.25, -0.2) is 0 Å². The lowest BCUT2D eigenvalue weighted by Crippen LogP contribution is -1.89. The highest BCUT2D eigenvalue weighted by molar-refractivity contribution is 7.98. The average Bonchev–Trinajstić information content (AvgIpc) is 2.30. The van der Waals surface area contributed by atoms with Crippen LogP contribution in [0.1, 0.15) is 16.7 Å². The smallest absolute Gasteiger partial charge is 0.0317 e. The van der Waals surface area contributed by atoms with Gasteiger partial charge in [0.15, 0.2) is 0 Å². The zero-order valence-electron chi connectivity index (χ0n) is 10.2. The second-order valence-corrected chi connectivity index (χ2v) is 5.26. The molecule has 17 heavy (non-hydrogen) atoms. The van der Waals surface area contributed by atoms with E-state index in [4.69, 9.17) is 5.73 Å². The van der Waals surface area contributed by atoms with Gasteiger partial charge in [-0.3, -0.25) is 0 Å². The molecule has 2 aromatic rings. The summed E-state index contributed by atoms with van der Waals surface area (Å²) in [6.07, 6.45) is 0. The van der Waals surface area contributed by atoms with Gasteiger partial charge < -0.3 is 5.73 Å². The number of aryl methyl sites for hydroxylation is 2. The molecule has 88 valence electrons. The highest BCUT2D eigenvalue weighted by atomic mass is 32.2. The minimum Gasteiger partial charge on any atom is -0.399 e. The first-order valence-corrected chi connectivity index (χ1v) is 6.69. The Morgan fingerprint density at radius 3 is 2.47 bits per heavy atom. The Balaban J connectivity index is 2.10. The fraction of sp³-hybridized carbons (Fsp3) is 0.200. The van der Waals surface area contributed by atoms with Crippen molar-refractivity contribution in [2.24, 2.45) is 0 Å². The maximum atomic E-state index is 5.75.